The number of benzene rings is 1. The number of hydrogen-bond acceptors (Lipinski definition) is 0. The van der Waals surface area contributed by atoms with Gasteiger partial charge in [-0.2, -0.15) is 0 Å². The van der Waals surface area contributed by atoms with Gasteiger partial charge in [0.1, 0.15) is 0 Å². The first-order valence-corrected chi connectivity index (χ1v) is 5.02. The summed E-state index contributed by atoms with van der Waals surface area (Å²) in [7, 11) is 0. The molecule has 0 atom stereocenters. The van der Waals surface area contributed by atoms with Crippen molar-refractivity contribution in [2.24, 2.45) is 0 Å². The van der Waals surface area contributed by atoms with Crippen LogP contribution in [0.2, 0.25) is 0 Å². The summed E-state index contributed by atoms with van der Waals surface area (Å²) in [6.45, 7) is 4.27. The average molecular weight is 183 g/mol. The Kier molecular flexibility index (Phi) is 1.41. The van der Waals surface area contributed by atoms with Crippen molar-refractivity contribution in [3.8, 4) is 11.1 Å². The van der Waals surface area contributed by atoms with Crippen molar-refractivity contribution in [3.05, 3.63) is 46.8 Å². The van der Waals surface area contributed by atoms with E-state index < -0.39 is 0 Å². The maximum atomic E-state index is 3.42. The third-order valence-corrected chi connectivity index (χ3v) is 2.95. The van der Waals surface area contributed by atoms with Gasteiger partial charge in [-0.15, -0.1) is 0 Å². The van der Waals surface area contributed by atoms with E-state index in [9.17, 15) is 0 Å². The van der Waals surface area contributed by atoms with Gasteiger partial charge in [0.2, 0.25) is 0 Å². The van der Waals surface area contributed by atoms with Gasteiger partial charge in [-0.25, -0.2) is 0 Å². The van der Waals surface area contributed by atoms with E-state index in [1.807, 2.05) is 0 Å². The van der Waals surface area contributed by atoms with Crippen LogP contribution in [0, 0.1) is 13.8 Å². The van der Waals surface area contributed by atoms with Crippen molar-refractivity contribution in [1.82, 2.24) is 4.98 Å². The third kappa shape index (κ3) is 0.955. The van der Waals surface area contributed by atoms with Crippen molar-refractivity contribution in [3.63, 3.8) is 0 Å². The van der Waals surface area contributed by atoms with Crippen LogP contribution in [0.15, 0.2) is 24.3 Å². The van der Waals surface area contributed by atoms with E-state index in [0.29, 0.717) is 0 Å². The molecular formula is C13H13N. The van der Waals surface area contributed by atoms with Crippen LogP contribution < -0.4 is 0 Å². The zero-order valence-electron chi connectivity index (χ0n) is 8.52. The highest BCUT2D eigenvalue weighted by Crippen LogP contribution is 2.36. The normalized spacial score (nSPS) is 12.7. The molecule has 0 unspecified atom stereocenters. The van der Waals surface area contributed by atoms with Gasteiger partial charge in [-0.05, 0) is 31.0 Å². The highest BCUT2D eigenvalue weighted by Gasteiger charge is 2.19. The second-order valence-corrected chi connectivity index (χ2v) is 4.18. The Labute approximate surface area is 83.8 Å². The fourth-order valence-corrected chi connectivity index (χ4v) is 2.35. The van der Waals surface area contributed by atoms with Crippen LogP contribution >= 0.6 is 0 Å². The zero-order valence-corrected chi connectivity index (χ0v) is 8.52. The van der Waals surface area contributed by atoms with Crippen molar-refractivity contribution in [1.29, 1.82) is 0 Å². The van der Waals surface area contributed by atoms with Crippen molar-refractivity contribution < 1.29 is 0 Å². The first-order valence-electron chi connectivity index (χ1n) is 5.02. The van der Waals surface area contributed by atoms with E-state index in [-0.39, 0.29) is 0 Å². The number of H-pyrrole nitrogens is 1. The minimum atomic E-state index is 1.07. The van der Waals surface area contributed by atoms with Gasteiger partial charge in [0, 0.05) is 23.4 Å². The molecule has 0 amide bonds. The SMILES string of the molecule is Cc1ccc2c(c1)Cc1[nH]c(C)cc1-2. The summed E-state index contributed by atoms with van der Waals surface area (Å²) in [4.78, 5) is 3.42. The van der Waals surface area contributed by atoms with E-state index in [2.05, 4.69) is 43.1 Å². The maximum Gasteiger partial charge on any atom is 0.0273 e. The number of aromatic nitrogens is 1. The predicted molar refractivity (Wildman–Crippen MR) is 58.5 cm³/mol. The molecular weight excluding hydrogens is 170 g/mol. The summed E-state index contributed by atoms with van der Waals surface area (Å²) in [5.74, 6) is 0. The molecule has 0 saturated carbocycles. The minimum Gasteiger partial charge on any atom is -0.362 e. The molecule has 1 nitrogen and oxygen atoms in total. The Hall–Kier alpha value is -1.50. The number of aromatic amines is 1. The average Bonchev–Trinajstić information content (AvgIpc) is 2.59. The molecule has 14 heavy (non-hydrogen) atoms. The van der Waals surface area contributed by atoms with Gasteiger partial charge in [-0.3, -0.25) is 0 Å². The Balaban J connectivity index is 2.25. The van der Waals surface area contributed by atoms with Crippen molar-refractivity contribution in [2.75, 3.05) is 0 Å². The zero-order chi connectivity index (χ0) is 9.71. The topological polar surface area (TPSA) is 15.8 Å². The summed E-state index contributed by atoms with van der Waals surface area (Å²) in [5.41, 5.74) is 8.27. The molecule has 1 heteroatoms. The summed E-state index contributed by atoms with van der Waals surface area (Å²) >= 11 is 0. The van der Waals surface area contributed by atoms with E-state index >= 15 is 0 Å². The van der Waals surface area contributed by atoms with Gasteiger partial charge >= 0.3 is 0 Å². The molecule has 1 N–H and O–H groups in total. The molecule has 0 aliphatic heterocycles. The molecule has 1 aromatic carbocycles. The molecule has 1 aliphatic rings. The minimum absolute atomic E-state index is 1.07. The van der Waals surface area contributed by atoms with Gasteiger partial charge in [0.25, 0.3) is 0 Å². The van der Waals surface area contributed by atoms with Crippen LogP contribution in [-0.2, 0) is 6.42 Å². The van der Waals surface area contributed by atoms with E-state index in [1.54, 1.807) is 0 Å². The fourth-order valence-electron chi connectivity index (χ4n) is 2.35. The number of rotatable bonds is 0. The monoisotopic (exact) mass is 183 g/mol. The highest BCUT2D eigenvalue weighted by molar-refractivity contribution is 5.76. The molecule has 0 fully saturated rings. The Morgan fingerprint density at radius 3 is 2.79 bits per heavy atom. The summed E-state index contributed by atoms with van der Waals surface area (Å²) in [5, 5.41) is 0. The van der Waals surface area contributed by atoms with Crippen LogP contribution in [0.3, 0.4) is 0 Å². The smallest absolute Gasteiger partial charge is 0.0273 e. The number of fused-ring (bicyclic) bond motifs is 3. The molecule has 0 bridgehead atoms. The van der Waals surface area contributed by atoms with Crippen LogP contribution in [0.1, 0.15) is 22.5 Å². The highest BCUT2D eigenvalue weighted by atomic mass is 14.7. The first kappa shape index (κ1) is 7.86. The lowest BCUT2D eigenvalue weighted by Gasteiger charge is -2.00. The molecule has 0 radical (unpaired) electrons. The fraction of sp³-hybridized carbons (Fsp3) is 0.231. The van der Waals surface area contributed by atoms with E-state index in [4.69, 9.17) is 0 Å². The molecule has 0 spiro atoms. The molecule has 1 heterocycles. The number of hydrogen-bond donors (Lipinski definition) is 1. The lowest BCUT2D eigenvalue weighted by Crippen LogP contribution is -1.84. The van der Waals surface area contributed by atoms with Crippen LogP contribution in [0.5, 0.6) is 0 Å². The molecule has 0 saturated heterocycles. The van der Waals surface area contributed by atoms with E-state index in [0.717, 1.165) is 6.42 Å². The van der Waals surface area contributed by atoms with Crippen LogP contribution in [0.25, 0.3) is 11.1 Å². The van der Waals surface area contributed by atoms with Crippen molar-refractivity contribution >= 4 is 0 Å². The largest absolute Gasteiger partial charge is 0.362 e. The summed E-state index contributed by atoms with van der Waals surface area (Å²) in [6.07, 6.45) is 1.07. The Bertz CT molecular complexity index is 506. The lowest BCUT2D eigenvalue weighted by molar-refractivity contribution is 1.11. The summed E-state index contributed by atoms with van der Waals surface area (Å²) < 4.78 is 0. The summed E-state index contributed by atoms with van der Waals surface area (Å²) in [6, 6.07) is 8.97. The van der Waals surface area contributed by atoms with Crippen molar-refractivity contribution in [2.45, 2.75) is 20.3 Å². The standard InChI is InChI=1S/C13H13N/c1-8-3-4-11-10(5-8)7-13-12(11)6-9(2)14-13/h3-6,14H,7H2,1-2H3. The maximum absolute atomic E-state index is 3.42. The first-order chi connectivity index (χ1) is 6.74. The molecule has 2 aromatic rings. The van der Waals surface area contributed by atoms with Gasteiger partial charge in [0.15, 0.2) is 0 Å². The lowest BCUT2D eigenvalue weighted by atomic mass is 10.0. The number of aryl methyl sites for hydroxylation is 2. The Morgan fingerprint density at radius 1 is 1.07 bits per heavy atom. The van der Waals surface area contributed by atoms with Gasteiger partial charge < -0.3 is 4.98 Å². The quantitative estimate of drug-likeness (QED) is 0.551. The predicted octanol–water partition coefficient (Wildman–Crippen LogP) is 3.20. The van der Waals surface area contributed by atoms with Crippen LogP contribution in [0.4, 0.5) is 0 Å². The van der Waals surface area contributed by atoms with Gasteiger partial charge in [0.05, 0.1) is 0 Å². The molecule has 1 aromatic heterocycles. The third-order valence-electron chi connectivity index (χ3n) is 2.95. The number of nitrogens with one attached hydrogen (secondary N) is 1. The molecule has 3 rings (SSSR count). The Morgan fingerprint density at radius 2 is 1.93 bits per heavy atom. The second kappa shape index (κ2) is 2.50. The molecule has 70 valence electrons. The molecule has 1 aliphatic carbocycles. The van der Waals surface area contributed by atoms with Gasteiger partial charge in [-0.1, -0.05) is 23.8 Å². The van der Waals surface area contributed by atoms with Crippen LogP contribution in [-0.4, -0.2) is 4.98 Å². The second-order valence-electron chi connectivity index (χ2n) is 4.18. The van der Waals surface area contributed by atoms with E-state index in [1.165, 1.54) is 33.6 Å².